The number of nitro benzene ring substituents is 1. The molecule has 0 aliphatic heterocycles. The number of halogens is 1. The summed E-state index contributed by atoms with van der Waals surface area (Å²) < 4.78 is 0.744. The highest BCUT2D eigenvalue weighted by Crippen LogP contribution is 2.33. The molecule has 2 atom stereocenters. The summed E-state index contributed by atoms with van der Waals surface area (Å²) in [6.45, 7) is 0. The molecular weight excluding hydrogens is 316 g/mol. The Morgan fingerprint density at radius 2 is 2.21 bits per heavy atom. The number of hydrogen-bond acceptors (Lipinski definition) is 4. The first kappa shape index (κ1) is 13.8. The lowest BCUT2D eigenvalue weighted by Crippen LogP contribution is -2.18. The summed E-state index contributed by atoms with van der Waals surface area (Å²) in [4.78, 5) is 21.4. The number of anilines is 1. The Labute approximate surface area is 118 Å². The topological polar surface area (TPSA) is 92.5 Å². The second-order valence-electron chi connectivity index (χ2n) is 4.61. The number of aliphatic carboxylic acids is 1. The summed E-state index contributed by atoms with van der Waals surface area (Å²) in [6, 6.07) is 4.65. The smallest absolute Gasteiger partial charge is 0.306 e. The van der Waals surface area contributed by atoms with Crippen LogP contribution >= 0.6 is 15.9 Å². The zero-order chi connectivity index (χ0) is 14.0. The molecule has 1 aromatic rings. The molecule has 19 heavy (non-hydrogen) atoms. The Bertz CT molecular complexity index is 520. The first-order chi connectivity index (χ1) is 8.97. The summed E-state index contributed by atoms with van der Waals surface area (Å²) in [7, 11) is 0. The van der Waals surface area contributed by atoms with E-state index in [-0.39, 0.29) is 17.6 Å². The summed E-state index contributed by atoms with van der Waals surface area (Å²) in [5, 5.41) is 23.0. The van der Waals surface area contributed by atoms with Crippen LogP contribution in [0.5, 0.6) is 0 Å². The van der Waals surface area contributed by atoms with Crippen molar-refractivity contribution in [1.29, 1.82) is 0 Å². The van der Waals surface area contributed by atoms with E-state index < -0.39 is 10.9 Å². The van der Waals surface area contributed by atoms with Crippen molar-refractivity contribution in [2.24, 2.45) is 5.92 Å². The predicted octanol–water partition coefficient (Wildman–Crippen LogP) is 3.02. The predicted molar refractivity (Wildman–Crippen MR) is 73.2 cm³/mol. The van der Waals surface area contributed by atoms with Gasteiger partial charge < -0.3 is 10.4 Å². The van der Waals surface area contributed by atoms with Crippen molar-refractivity contribution in [3.63, 3.8) is 0 Å². The van der Waals surface area contributed by atoms with E-state index >= 15 is 0 Å². The van der Waals surface area contributed by atoms with Crippen molar-refractivity contribution in [3.8, 4) is 0 Å². The van der Waals surface area contributed by atoms with Gasteiger partial charge in [-0.1, -0.05) is 15.9 Å². The summed E-state index contributed by atoms with van der Waals surface area (Å²) in [5.41, 5.74) is 0.428. The molecule has 6 nitrogen and oxygen atoms in total. The van der Waals surface area contributed by atoms with Gasteiger partial charge in [0.2, 0.25) is 0 Å². The maximum absolute atomic E-state index is 10.9. The fourth-order valence-electron chi connectivity index (χ4n) is 2.34. The summed E-state index contributed by atoms with van der Waals surface area (Å²) >= 11 is 3.27. The van der Waals surface area contributed by atoms with Crippen molar-refractivity contribution in [3.05, 3.63) is 32.8 Å². The number of rotatable bonds is 4. The minimum absolute atomic E-state index is 0.00183. The number of nitrogens with zero attached hydrogens (tertiary/aromatic N) is 1. The van der Waals surface area contributed by atoms with Crippen molar-refractivity contribution in [2.45, 2.75) is 25.3 Å². The molecule has 1 fully saturated rings. The second-order valence-corrected chi connectivity index (χ2v) is 5.52. The number of carbonyl (C=O) groups is 1. The summed E-state index contributed by atoms with van der Waals surface area (Å²) in [6.07, 6.45) is 1.81. The molecule has 0 aromatic heterocycles. The standard InChI is InChI=1S/C12H13BrN2O4/c13-8-2-4-11(15(18)19)10(6-8)14-9-3-1-7(5-9)12(16)17/h2,4,6-7,9,14H,1,3,5H2,(H,16,17)/t7-,9+/m1/s1. The largest absolute Gasteiger partial charge is 0.481 e. The van der Waals surface area contributed by atoms with Crippen LogP contribution in [0.3, 0.4) is 0 Å². The molecule has 0 heterocycles. The monoisotopic (exact) mass is 328 g/mol. The third-order valence-corrected chi connectivity index (χ3v) is 3.79. The van der Waals surface area contributed by atoms with Gasteiger partial charge >= 0.3 is 5.97 Å². The van der Waals surface area contributed by atoms with Crippen LogP contribution in [0, 0.1) is 16.0 Å². The number of benzene rings is 1. The average Bonchev–Trinajstić information content (AvgIpc) is 2.77. The molecule has 0 radical (unpaired) electrons. The zero-order valence-electron chi connectivity index (χ0n) is 10.0. The fourth-order valence-corrected chi connectivity index (χ4v) is 2.70. The van der Waals surface area contributed by atoms with Crippen LogP contribution in [-0.2, 0) is 4.79 Å². The molecular formula is C12H13BrN2O4. The van der Waals surface area contributed by atoms with Crippen LogP contribution in [-0.4, -0.2) is 22.0 Å². The number of nitro groups is 1. The van der Waals surface area contributed by atoms with E-state index in [1.54, 1.807) is 12.1 Å². The van der Waals surface area contributed by atoms with Crippen LogP contribution in [0.2, 0.25) is 0 Å². The molecule has 1 aliphatic rings. The van der Waals surface area contributed by atoms with Crippen LogP contribution in [0.15, 0.2) is 22.7 Å². The molecule has 2 N–H and O–H groups in total. The van der Waals surface area contributed by atoms with Crippen LogP contribution in [0.1, 0.15) is 19.3 Å². The second kappa shape index (κ2) is 5.56. The van der Waals surface area contributed by atoms with E-state index in [9.17, 15) is 14.9 Å². The van der Waals surface area contributed by atoms with Gasteiger partial charge in [-0.15, -0.1) is 0 Å². The van der Waals surface area contributed by atoms with Gasteiger partial charge in [-0.25, -0.2) is 0 Å². The van der Waals surface area contributed by atoms with Gasteiger partial charge in [0, 0.05) is 16.6 Å². The SMILES string of the molecule is O=C(O)[C@@H]1CC[C@H](Nc2cc(Br)ccc2[N+](=O)[O-])C1. The highest BCUT2D eigenvalue weighted by atomic mass is 79.9. The minimum atomic E-state index is -0.798. The van der Waals surface area contributed by atoms with E-state index in [1.807, 2.05) is 0 Å². The molecule has 1 aromatic carbocycles. The molecule has 0 bridgehead atoms. The quantitative estimate of drug-likeness (QED) is 0.654. The maximum Gasteiger partial charge on any atom is 0.306 e. The van der Waals surface area contributed by atoms with E-state index in [0.717, 1.165) is 4.47 Å². The Morgan fingerprint density at radius 3 is 2.79 bits per heavy atom. The van der Waals surface area contributed by atoms with E-state index in [2.05, 4.69) is 21.2 Å². The molecule has 0 amide bonds. The van der Waals surface area contributed by atoms with Gasteiger partial charge in [0.25, 0.3) is 5.69 Å². The fraction of sp³-hybridized carbons (Fsp3) is 0.417. The summed E-state index contributed by atoms with van der Waals surface area (Å²) in [5.74, 6) is -1.16. The third kappa shape index (κ3) is 3.23. The van der Waals surface area contributed by atoms with E-state index in [1.165, 1.54) is 6.07 Å². The third-order valence-electron chi connectivity index (χ3n) is 3.30. The van der Waals surface area contributed by atoms with Gasteiger partial charge in [-0.05, 0) is 31.4 Å². The van der Waals surface area contributed by atoms with Gasteiger partial charge in [0.1, 0.15) is 5.69 Å². The first-order valence-electron chi connectivity index (χ1n) is 5.90. The van der Waals surface area contributed by atoms with Crippen molar-refractivity contribution < 1.29 is 14.8 Å². The van der Waals surface area contributed by atoms with Crippen molar-refractivity contribution >= 4 is 33.3 Å². The normalized spacial score (nSPS) is 22.2. The number of hydrogen-bond donors (Lipinski definition) is 2. The Kier molecular flexibility index (Phi) is 4.04. The van der Waals surface area contributed by atoms with Crippen LogP contribution < -0.4 is 5.32 Å². The van der Waals surface area contributed by atoms with Crippen LogP contribution in [0.4, 0.5) is 11.4 Å². The highest BCUT2D eigenvalue weighted by molar-refractivity contribution is 9.10. The van der Waals surface area contributed by atoms with Gasteiger partial charge in [-0.3, -0.25) is 14.9 Å². The number of carboxylic acids is 1. The molecule has 0 saturated heterocycles. The zero-order valence-corrected chi connectivity index (χ0v) is 11.6. The molecule has 1 saturated carbocycles. The molecule has 2 rings (SSSR count). The van der Waals surface area contributed by atoms with E-state index in [0.29, 0.717) is 24.9 Å². The van der Waals surface area contributed by atoms with Gasteiger partial charge in [0.15, 0.2) is 0 Å². The lowest BCUT2D eigenvalue weighted by Gasteiger charge is -2.14. The highest BCUT2D eigenvalue weighted by Gasteiger charge is 2.30. The number of carboxylic acid groups (broad SMARTS) is 1. The van der Waals surface area contributed by atoms with Crippen LogP contribution in [0.25, 0.3) is 0 Å². The molecule has 0 unspecified atom stereocenters. The molecule has 1 aliphatic carbocycles. The first-order valence-corrected chi connectivity index (χ1v) is 6.70. The van der Waals surface area contributed by atoms with Crippen molar-refractivity contribution in [1.82, 2.24) is 0 Å². The molecule has 7 heteroatoms. The molecule has 102 valence electrons. The molecule has 0 spiro atoms. The van der Waals surface area contributed by atoms with Gasteiger partial charge in [0.05, 0.1) is 10.8 Å². The lowest BCUT2D eigenvalue weighted by molar-refractivity contribution is -0.384. The Balaban J connectivity index is 2.13. The maximum atomic E-state index is 10.9. The minimum Gasteiger partial charge on any atom is -0.481 e. The average molecular weight is 329 g/mol. The lowest BCUT2D eigenvalue weighted by atomic mass is 10.1. The van der Waals surface area contributed by atoms with Crippen molar-refractivity contribution in [2.75, 3.05) is 5.32 Å². The van der Waals surface area contributed by atoms with Gasteiger partial charge in [-0.2, -0.15) is 0 Å². The number of nitrogens with one attached hydrogen (secondary N) is 1. The Morgan fingerprint density at radius 1 is 1.47 bits per heavy atom. The van der Waals surface area contributed by atoms with E-state index in [4.69, 9.17) is 5.11 Å². The Hall–Kier alpha value is -1.63.